The maximum Gasteiger partial charge on any atom is 0.112 e. The Labute approximate surface area is 92.8 Å². The molecule has 1 nitrogen and oxygen atoms in total. The Bertz CT molecular complexity index is 314. The molecule has 1 aromatic carbocycles. The van der Waals surface area contributed by atoms with Crippen LogP contribution in [0.1, 0.15) is 38.8 Å². The molecule has 0 aliphatic rings. The van der Waals surface area contributed by atoms with Gasteiger partial charge in [-0.1, -0.05) is 51.1 Å². The molecule has 1 heteroatoms. The molecule has 0 amide bonds. The van der Waals surface area contributed by atoms with Crippen LogP contribution in [-0.2, 0) is 16.8 Å². The van der Waals surface area contributed by atoms with Gasteiger partial charge < -0.3 is 4.74 Å². The number of hydrogen-bond donors (Lipinski definition) is 0. The van der Waals surface area contributed by atoms with Crippen molar-refractivity contribution in [2.75, 3.05) is 0 Å². The molecule has 0 fully saturated rings. The van der Waals surface area contributed by atoms with Crippen LogP contribution in [0.2, 0.25) is 0 Å². The lowest BCUT2D eigenvalue weighted by Crippen LogP contribution is -2.10. The summed E-state index contributed by atoms with van der Waals surface area (Å²) >= 11 is 0. The molecule has 0 saturated carbocycles. The minimum absolute atomic E-state index is 0.225. The first kappa shape index (κ1) is 11.8. The molecule has 0 aliphatic heterocycles. The zero-order chi connectivity index (χ0) is 11.3. The zero-order valence-corrected chi connectivity index (χ0v) is 10.1. The molecule has 0 atom stereocenters. The third kappa shape index (κ3) is 3.78. The summed E-state index contributed by atoms with van der Waals surface area (Å²) in [5.74, 6) is 0. The van der Waals surface area contributed by atoms with Crippen molar-refractivity contribution >= 4 is 0 Å². The standard InChI is InChI=1S/C14H20O/c1-5-10-15-11-12-6-8-13(9-7-12)14(2,3)4/h5-10H,11H2,1-4H3. The summed E-state index contributed by atoms with van der Waals surface area (Å²) in [6, 6.07) is 8.61. The largest absolute Gasteiger partial charge is 0.497 e. The number of rotatable bonds is 3. The van der Waals surface area contributed by atoms with Gasteiger partial charge in [0.25, 0.3) is 0 Å². The van der Waals surface area contributed by atoms with Crippen LogP contribution in [0.3, 0.4) is 0 Å². The lowest BCUT2D eigenvalue weighted by molar-refractivity contribution is 0.236. The van der Waals surface area contributed by atoms with E-state index in [1.54, 1.807) is 6.26 Å². The molecule has 1 aromatic rings. The number of hydrogen-bond acceptors (Lipinski definition) is 1. The maximum absolute atomic E-state index is 5.31. The monoisotopic (exact) mass is 204 g/mol. The second-order valence-electron chi connectivity index (χ2n) is 4.73. The van der Waals surface area contributed by atoms with E-state index in [9.17, 15) is 0 Å². The van der Waals surface area contributed by atoms with Gasteiger partial charge in [-0.3, -0.25) is 0 Å². The van der Waals surface area contributed by atoms with Gasteiger partial charge in [0.2, 0.25) is 0 Å². The predicted molar refractivity (Wildman–Crippen MR) is 64.7 cm³/mol. The molecule has 0 saturated heterocycles. The maximum atomic E-state index is 5.31. The highest BCUT2D eigenvalue weighted by molar-refractivity contribution is 5.27. The van der Waals surface area contributed by atoms with E-state index in [1.165, 1.54) is 11.1 Å². The summed E-state index contributed by atoms with van der Waals surface area (Å²) in [5.41, 5.74) is 2.79. The summed E-state index contributed by atoms with van der Waals surface area (Å²) in [5, 5.41) is 0. The fourth-order valence-electron chi connectivity index (χ4n) is 1.34. The normalized spacial score (nSPS) is 12.0. The van der Waals surface area contributed by atoms with Crippen molar-refractivity contribution in [1.82, 2.24) is 0 Å². The molecule has 0 N–H and O–H groups in total. The molecule has 82 valence electrons. The van der Waals surface area contributed by atoms with E-state index in [1.807, 2.05) is 13.0 Å². The molecular formula is C14H20O. The molecular weight excluding hydrogens is 184 g/mol. The van der Waals surface area contributed by atoms with Crippen molar-refractivity contribution in [3.05, 3.63) is 47.7 Å². The average molecular weight is 204 g/mol. The summed E-state index contributed by atoms with van der Waals surface area (Å²) in [6.07, 6.45) is 3.61. The summed E-state index contributed by atoms with van der Waals surface area (Å²) in [7, 11) is 0. The molecule has 0 heterocycles. The van der Waals surface area contributed by atoms with Gasteiger partial charge in [-0.15, -0.1) is 0 Å². The quantitative estimate of drug-likeness (QED) is 0.675. The Morgan fingerprint density at radius 1 is 1.13 bits per heavy atom. The smallest absolute Gasteiger partial charge is 0.112 e. The van der Waals surface area contributed by atoms with E-state index >= 15 is 0 Å². The van der Waals surface area contributed by atoms with E-state index in [0.29, 0.717) is 6.61 Å². The van der Waals surface area contributed by atoms with Crippen molar-refractivity contribution in [2.45, 2.75) is 39.7 Å². The van der Waals surface area contributed by atoms with Crippen LogP contribution in [0.4, 0.5) is 0 Å². The van der Waals surface area contributed by atoms with Crippen molar-refractivity contribution < 1.29 is 4.74 Å². The lowest BCUT2D eigenvalue weighted by atomic mass is 9.87. The highest BCUT2D eigenvalue weighted by atomic mass is 16.5. The van der Waals surface area contributed by atoms with Crippen LogP contribution in [0.25, 0.3) is 0 Å². The number of benzene rings is 1. The fourth-order valence-corrected chi connectivity index (χ4v) is 1.34. The van der Waals surface area contributed by atoms with Crippen molar-refractivity contribution in [2.24, 2.45) is 0 Å². The van der Waals surface area contributed by atoms with Gasteiger partial charge in [-0.05, 0) is 23.5 Å². The van der Waals surface area contributed by atoms with Gasteiger partial charge in [-0.25, -0.2) is 0 Å². The van der Waals surface area contributed by atoms with E-state index in [-0.39, 0.29) is 5.41 Å². The summed E-state index contributed by atoms with van der Waals surface area (Å²) in [4.78, 5) is 0. The first-order chi connectivity index (χ1) is 7.04. The van der Waals surface area contributed by atoms with Gasteiger partial charge in [0.05, 0.1) is 6.26 Å². The van der Waals surface area contributed by atoms with Gasteiger partial charge in [-0.2, -0.15) is 0 Å². The Morgan fingerprint density at radius 3 is 2.20 bits per heavy atom. The van der Waals surface area contributed by atoms with Crippen molar-refractivity contribution in [1.29, 1.82) is 0 Å². The van der Waals surface area contributed by atoms with Crippen LogP contribution in [0.5, 0.6) is 0 Å². The highest BCUT2D eigenvalue weighted by Gasteiger charge is 2.12. The van der Waals surface area contributed by atoms with E-state index in [0.717, 1.165) is 0 Å². The number of allylic oxidation sites excluding steroid dienone is 1. The minimum atomic E-state index is 0.225. The van der Waals surface area contributed by atoms with Gasteiger partial charge in [0, 0.05) is 0 Å². The second kappa shape index (κ2) is 5.01. The zero-order valence-electron chi connectivity index (χ0n) is 10.1. The topological polar surface area (TPSA) is 9.23 Å². The fraction of sp³-hybridized carbons (Fsp3) is 0.429. The van der Waals surface area contributed by atoms with E-state index < -0.39 is 0 Å². The molecule has 0 aromatic heterocycles. The van der Waals surface area contributed by atoms with Crippen LogP contribution < -0.4 is 0 Å². The first-order valence-corrected chi connectivity index (χ1v) is 5.36. The van der Waals surface area contributed by atoms with Crippen LogP contribution in [0.15, 0.2) is 36.6 Å². The summed E-state index contributed by atoms with van der Waals surface area (Å²) < 4.78 is 5.31. The average Bonchev–Trinajstić information content (AvgIpc) is 2.18. The van der Waals surface area contributed by atoms with Gasteiger partial charge in [0.1, 0.15) is 6.61 Å². The van der Waals surface area contributed by atoms with E-state index in [4.69, 9.17) is 4.74 Å². The van der Waals surface area contributed by atoms with Crippen molar-refractivity contribution in [3.63, 3.8) is 0 Å². The van der Waals surface area contributed by atoms with Crippen LogP contribution in [-0.4, -0.2) is 0 Å². The third-order valence-electron chi connectivity index (χ3n) is 2.30. The van der Waals surface area contributed by atoms with Crippen LogP contribution in [0, 0.1) is 0 Å². The third-order valence-corrected chi connectivity index (χ3v) is 2.30. The molecule has 0 spiro atoms. The Kier molecular flexibility index (Phi) is 3.96. The van der Waals surface area contributed by atoms with Gasteiger partial charge >= 0.3 is 0 Å². The number of ether oxygens (including phenoxy) is 1. The Balaban J connectivity index is 2.64. The molecule has 0 radical (unpaired) electrons. The van der Waals surface area contributed by atoms with E-state index in [2.05, 4.69) is 45.0 Å². The Morgan fingerprint density at radius 2 is 1.73 bits per heavy atom. The summed E-state index contributed by atoms with van der Waals surface area (Å²) in [6.45, 7) is 9.26. The Hall–Kier alpha value is -1.24. The molecule has 1 rings (SSSR count). The minimum Gasteiger partial charge on any atom is -0.497 e. The second-order valence-corrected chi connectivity index (χ2v) is 4.73. The lowest BCUT2D eigenvalue weighted by Gasteiger charge is -2.19. The van der Waals surface area contributed by atoms with Crippen molar-refractivity contribution in [3.8, 4) is 0 Å². The highest BCUT2D eigenvalue weighted by Crippen LogP contribution is 2.22. The van der Waals surface area contributed by atoms with Crippen LogP contribution >= 0.6 is 0 Å². The molecule has 0 unspecified atom stereocenters. The predicted octanol–water partition coefficient (Wildman–Crippen LogP) is 4.03. The molecule has 0 aliphatic carbocycles. The first-order valence-electron chi connectivity index (χ1n) is 5.36. The molecule has 15 heavy (non-hydrogen) atoms. The SMILES string of the molecule is CC=COCc1ccc(C(C)(C)C)cc1. The molecule has 0 bridgehead atoms. The van der Waals surface area contributed by atoms with Gasteiger partial charge in [0.15, 0.2) is 0 Å².